The van der Waals surface area contributed by atoms with Crippen molar-refractivity contribution in [1.82, 2.24) is 0 Å². The fourth-order valence-electron chi connectivity index (χ4n) is 1.49. The lowest BCUT2D eigenvalue weighted by Crippen LogP contribution is -2.29. The second kappa shape index (κ2) is 7.17. The molecule has 0 spiro atoms. The summed E-state index contributed by atoms with van der Waals surface area (Å²) in [5.41, 5.74) is 1.03. The molecule has 96 valence electrons. The fraction of sp³-hybridized carbons (Fsp3) is 0.571. The Kier molecular flexibility index (Phi) is 5.84. The molecule has 0 bridgehead atoms. The van der Waals surface area contributed by atoms with Crippen molar-refractivity contribution in [1.29, 1.82) is 0 Å². The van der Waals surface area contributed by atoms with Crippen LogP contribution in [0.2, 0.25) is 0 Å². The van der Waals surface area contributed by atoms with E-state index in [0.717, 1.165) is 24.5 Å². The van der Waals surface area contributed by atoms with Gasteiger partial charge in [-0.05, 0) is 32.4 Å². The van der Waals surface area contributed by atoms with Crippen LogP contribution in [0.15, 0.2) is 24.3 Å². The van der Waals surface area contributed by atoms with Crippen LogP contribution in [0.1, 0.15) is 27.2 Å². The van der Waals surface area contributed by atoms with E-state index in [9.17, 15) is 0 Å². The molecular weight excluding hydrogens is 214 g/mol. The standard InChI is InChI=1S/C14H23NO2/c1-5-10-17-14-9-7-6-8-13(14)15-11(2)12(3)16-4/h6-9,11-12,15H,5,10H2,1-4H3. The second-order valence-corrected chi connectivity index (χ2v) is 4.22. The molecule has 2 atom stereocenters. The number of benzene rings is 1. The van der Waals surface area contributed by atoms with E-state index in [0.29, 0.717) is 0 Å². The highest BCUT2D eigenvalue weighted by molar-refractivity contribution is 5.56. The van der Waals surface area contributed by atoms with Crippen LogP contribution >= 0.6 is 0 Å². The lowest BCUT2D eigenvalue weighted by Gasteiger charge is -2.22. The first-order valence-electron chi connectivity index (χ1n) is 6.20. The number of methoxy groups -OCH3 is 1. The van der Waals surface area contributed by atoms with Crippen molar-refractivity contribution in [2.75, 3.05) is 19.0 Å². The van der Waals surface area contributed by atoms with Crippen LogP contribution in [-0.4, -0.2) is 25.9 Å². The number of hydrogen-bond donors (Lipinski definition) is 1. The summed E-state index contributed by atoms with van der Waals surface area (Å²) in [6.45, 7) is 7.00. The molecular formula is C14H23NO2. The highest BCUT2D eigenvalue weighted by Crippen LogP contribution is 2.25. The van der Waals surface area contributed by atoms with E-state index in [2.05, 4.69) is 19.2 Å². The van der Waals surface area contributed by atoms with Crippen molar-refractivity contribution in [2.45, 2.75) is 39.3 Å². The Balaban J connectivity index is 2.68. The van der Waals surface area contributed by atoms with Gasteiger partial charge in [0.2, 0.25) is 0 Å². The van der Waals surface area contributed by atoms with E-state index >= 15 is 0 Å². The number of ether oxygens (including phenoxy) is 2. The van der Waals surface area contributed by atoms with Gasteiger partial charge in [-0.2, -0.15) is 0 Å². The Bertz CT molecular complexity index is 328. The third kappa shape index (κ3) is 4.27. The molecule has 0 fully saturated rings. The van der Waals surface area contributed by atoms with Gasteiger partial charge in [-0.1, -0.05) is 19.1 Å². The third-order valence-electron chi connectivity index (χ3n) is 2.81. The highest BCUT2D eigenvalue weighted by Gasteiger charge is 2.12. The molecule has 0 aliphatic carbocycles. The number of para-hydroxylation sites is 2. The average molecular weight is 237 g/mol. The maximum Gasteiger partial charge on any atom is 0.142 e. The van der Waals surface area contributed by atoms with Gasteiger partial charge in [-0.25, -0.2) is 0 Å². The molecule has 1 aromatic rings. The van der Waals surface area contributed by atoms with Gasteiger partial charge in [0.25, 0.3) is 0 Å². The normalized spacial score (nSPS) is 14.1. The molecule has 0 aliphatic heterocycles. The van der Waals surface area contributed by atoms with Gasteiger partial charge in [0.05, 0.1) is 18.4 Å². The Morgan fingerprint density at radius 3 is 2.59 bits per heavy atom. The monoisotopic (exact) mass is 237 g/mol. The minimum Gasteiger partial charge on any atom is -0.491 e. The second-order valence-electron chi connectivity index (χ2n) is 4.22. The van der Waals surface area contributed by atoms with Crippen molar-refractivity contribution >= 4 is 5.69 Å². The number of rotatable bonds is 7. The quantitative estimate of drug-likeness (QED) is 0.789. The van der Waals surface area contributed by atoms with E-state index in [4.69, 9.17) is 9.47 Å². The molecule has 0 amide bonds. The predicted molar refractivity (Wildman–Crippen MR) is 71.8 cm³/mol. The van der Waals surface area contributed by atoms with Crippen LogP contribution in [0.5, 0.6) is 5.75 Å². The van der Waals surface area contributed by atoms with Crippen molar-refractivity contribution in [3.8, 4) is 5.75 Å². The average Bonchev–Trinajstić information content (AvgIpc) is 2.36. The van der Waals surface area contributed by atoms with E-state index in [-0.39, 0.29) is 12.1 Å². The zero-order chi connectivity index (χ0) is 12.7. The van der Waals surface area contributed by atoms with Crippen molar-refractivity contribution in [2.24, 2.45) is 0 Å². The molecule has 3 nitrogen and oxygen atoms in total. The molecule has 1 rings (SSSR count). The molecule has 3 heteroatoms. The van der Waals surface area contributed by atoms with Crippen LogP contribution in [0.25, 0.3) is 0 Å². The number of nitrogens with one attached hydrogen (secondary N) is 1. The molecule has 0 aliphatic rings. The largest absolute Gasteiger partial charge is 0.491 e. The molecule has 1 N–H and O–H groups in total. The lowest BCUT2D eigenvalue weighted by atomic mass is 10.2. The Morgan fingerprint density at radius 1 is 1.24 bits per heavy atom. The SMILES string of the molecule is CCCOc1ccccc1NC(C)C(C)OC. The topological polar surface area (TPSA) is 30.5 Å². The molecule has 0 radical (unpaired) electrons. The maximum atomic E-state index is 5.70. The van der Waals surface area contributed by atoms with Gasteiger partial charge >= 0.3 is 0 Å². The van der Waals surface area contributed by atoms with Crippen LogP contribution in [0.3, 0.4) is 0 Å². The van der Waals surface area contributed by atoms with Gasteiger partial charge in [0.1, 0.15) is 5.75 Å². The van der Waals surface area contributed by atoms with Crippen LogP contribution < -0.4 is 10.1 Å². The molecule has 0 saturated carbocycles. The fourth-order valence-corrected chi connectivity index (χ4v) is 1.49. The van der Waals surface area contributed by atoms with Gasteiger partial charge in [0, 0.05) is 13.2 Å². The Labute approximate surface area is 104 Å². The summed E-state index contributed by atoms with van der Waals surface area (Å²) < 4.78 is 11.0. The van der Waals surface area contributed by atoms with E-state index in [1.807, 2.05) is 31.2 Å². The van der Waals surface area contributed by atoms with Crippen molar-refractivity contribution in [3.05, 3.63) is 24.3 Å². The third-order valence-corrected chi connectivity index (χ3v) is 2.81. The number of anilines is 1. The summed E-state index contributed by atoms with van der Waals surface area (Å²) >= 11 is 0. The first-order chi connectivity index (χ1) is 8.19. The van der Waals surface area contributed by atoms with Crippen LogP contribution in [0, 0.1) is 0 Å². The van der Waals surface area contributed by atoms with Crippen molar-refractivity contribution in [3.63, 3.8) is 0 Å². The van der Waals surface area contributed by atoms with Gasteiger partial charge < -0.3 is 14.8 Å². The van der Waals surface area contributed by atoms with Crippen LogP contribution in [-0.2, 0) is 4.74 Å². The van der Waals surface area contributed by atoms with Gasteiger partial charge in [-0.15, -0.1) is 0 Å². The van der Waals surface area contributed by atoms with Crippen LogP contribution in [0.4, 0.5) is 5.69 Å². The summed E-state index contributed by atoms with van der Waals surface area (Å²) in [4.78, 5) is 0. The smallest absolute Gasteiger partial charge is 0.142 e. The zero-order valence-electron chi connectivity index (χ0n) is 11.2. The zero-order valence-corrected chi connectivity index (χ0v) is 11.2. The summed E-state index contributed by atoms with van der Waals surface area (Å²) in [6.07, 6.45) is 1.17. The molecule has 0 heterocycles. The molecule has 2 unspecified atom stereocenters. The molecule has 0 saturated heterocycles. The predicted octanol–water partition coefficient (Wildman–Crippen LogP) is 3.31. The van der Waals surface area contributed by atoms with E-state index < -0.39 is 0 Å². The molecule has 17 heavy (non-hydrogen) atoms. The van der Waals surface area contributed by atoms with Gasteiger partial charge in [0.15, 0.2) is 0 Å². The highest BCUT2D eigenvalue weighted by atomic mass is 16.5. The minimum atomic E-state index is 0.161. The van der Waals surface area contributed by atoms with Crippen molar-refractivity contribution < 1.29 is 9.47 Å². The van der Waals surface area contributed by atoms with E-state index in [1.165, 1.54) is 0 Å². The molecule has 0 aromatic heterocycles. The lowest BCUT2D eigenvalue weighted by molar-refractivity contribution is 0.106. The Morgan fingerprint density at radius 2 is 1.94 bits per heavy atom. The first-order valence-corrected chi connectivity index (χ1v) is 6.20. The first kappa shape index (κ1) is 13.8. The number of hydrogen-bond acceptors (Lipinski definition) is 3. The maximum absolute atomic E-state index is 5.70. The summed E-state index contributed by atoms with van der Waals surface area (Å²) in [7, 11) is 1.72. The van der Waals surface area contributed by atoms with Gasteiger partial charge in [-0.3, -0.25) is 0 Å². The minimum absolute atomic E-state index is 0.161. The molecule has 1 aromatic carbocycles. The Hall–Kier alpha value is -1.22. The summed E-state index contributed by atoms with van der Waals surface area (Å²) in [5, 5.41) is 3.42. The van der Waals surface area contributed by atoms with E-state index in [1.54, 1.807) is 7.11 Å². The summed E-state index contributed by atoms with van der Waals surface area (Å²) in [5.74, 6) is 0.907. The summed E-state index contributed by atoms with van der Waals surface area (Å²) in [6, 6.07) is 8.25.